The molecule has 0 atom stereocenters. The number of carbonyl (C=O) groups excluding carboxylic acids is 1. The molecule has 0 bridgehead atoms. The van der Waals surface area contributed by atoms with E-state index in [1.807, 2.05) is 36.7 Å². The minimum atomic E-state index is 0.0613. The van der Waals surface area contributed by atoms with Gasteiger partial charge in [0, 0.05) is 63.2 Å². The number of hydrogen-bond donors (Lipinski definition) is 1. The van der Waals surface area contributed by atoms with Crippen LogP contribution in [-0.2, 0) is 11.3 Å². The van der Waals surface area contributed by atoms with Crippen molar-refractivity contribution in [3.63, 3.8) is 0 Å². The maximum atomic E-state index is 12.0. The van der Waals surface area contributed by atoms with E-state index in [-0.39, 0.29) is 5.91 Å². The number of anilines is 1. The summed E-state index contributed by atoms with van der Waals surface area (Å²) in [5.74, 6) is 0.0613. The first-order valence-corrected chi connectivity index (χ1v) is 7.84. The van der Waals surface area contributed by atoms with Gasteiger partial charge < -0.3 is 10.2 Å². The summed E-state index contributed by atoms with van der Waals surface area (Å²) < 4.78 is 0. The normalized spacial score (nSPS) is 15.4. The van der Waals surface area contributed by atoms with E-state index in [1.165, 1.54) is 5.69 Å². The topological polar surface area (TPSA) is 61.4 Å². The van der Waals surface area contributed by atoms with Crippen LogP contribution in [0.2, 0.25) is 0 Å². The maximum absolute atomic E-state index is 12.0. The molecule has 1 fully saturated rings. The van der Waals surface area contributed by atoms with E-state index in [9.17, 15) is 4.79 Å². The first kappa shape index (κ1) is 15.4. The number of rotatable bonds is 5. The Morgan fingerprint density at radius 1 is 1.04 bits per heavy atom. The van der Waals surface area contributed by atoms with Crippen molar-refractivity contribution >= 4 is 11.6 Å². The van der Waals surface area contributed by atoms with E-state index in [4.69, 9.17) is 0 Å². The Labute approximate surface area is 136 Å². The largest absolute Gasteiger partial charge is 0.369 e. The predicted octanol–water partition coefficient (Wildman–Crippen LogP) is 0.915. The molecular formula is C17H21N5O. The zero-order valence-electron chi connectivity index (χ0n) is 13.1. The Morgan fingerprint density at radius 2 is 1.83 bits per heavy atom. The van der Waals surface area contributed by atoms with Crippen molar-refractivity contribution in [2.24, 2.45) is 0 Å². The molecule has 120 valence electrons. The molecule has 23 heavy (non-hydrogen) atoms. The molecule has 3 rings (SSSR count). The van der Waals surface area contributed by atoms with Crippen molar-refractivity contribution in [3.05, 3.63) is 54.6 Å². The Kier molecular flexibility index (Phi) is 5.16. The van der Waals surface area contributed by atoms with Crippen LogP contribution in [0.25, 0.3) is 0 Å². The lowest BCUT2D eigenvalue weighted by atomic mass is 10.2. The molecule has 0 unspecified atom stereocenters. The minimum Gasteiger partial charge on any atom is -0.369 e. The van der Waals surface area contributed by atoms with Crippen molar-refractivity contribution in [3.8, 4) is 0 Å². The van der Waals surface area contributed by atoms with Crippen molar-refractivity contribution in [1.29, 1.82) is 0 Å². The van der Waals surface area contributed by atoms with Crippen LogP contribution in [0, 0.1) is 0 Å². The zero-order chi connectivity index (χ0) is 15.9. The molecule has 0 spiro atoms. The smallest absolute Gasteiger partial charge is 0.234 e. The molecule has 6 nitrogen and oxygen atoms in total. The second-order valence-corrected chi connectivity index (χ2v) is 5.61. The third-order valence-corrected chi connectivity index (χ3v) is 3.98. The van der Waals surface area contributed by atoms with E-state index in [2.05, 4.69) is 25.1 Å². The number of piperazine rings is 1. The van der Waals surface area contributed by atoms with Crippen LogP contribution in [0.5, 0.6) is 0 Å². The molecule has 2 aromatic rings. The molecule has 0 aliphatic carbocycles. The van der Waals surface area contributed by atoms with Gasteiger partial charge in [-0.3, -0.25) is 19.7 Å². The Balaban J connectivity index is 1.41. The van der Waals surface area contributed by atoms with Gasteiger partial charge in [-0.1, -0.05) is 6.07 Å². The van der Waals surface area contributed by atoms with Gasteiger partial charge in [0.2, 0.25) is 5.91 Å². The summed E-state index contributed by atoms with van der Waals surface area (Å²) in [7, 11) is 0. The van der Waals surface area contributed by atoms with E-state index in [0.717, 1.165) is 31.7 Å². The van der Waals surface area contributed by atoms with Gasteiger partial charge >= 0.3 is 0 Å². The number of nitrogens with zero attached hydrogens (tertiary/aromatic N) is 4. The first-order valence-electron chi connectivity index (χ1n) is 7.84. The van der Waals surface area contributed by atoms with Gasteiger partial charge in [-0.25, -0.2) is 0 Å². The predicted molar refractivity (Wildman–Crippen MR) is 89.0 cm³/mol. The van der Waals surface area contributed by atoms with Crippen molar-refractivity contribution in [2.45, 2.75) is 6.54 Å². The fourth-order valence-corrected chi connectivity index (χ4v) is 2.68. The van der Waals surface area contributed by atoms with Crippen LogP contribution in [-0.4, -0.2) is 53.5 Å². The van der Waals surface area contributed by atoms with Gasteiger partial charge in [-0.05, 0) is 23.8 Å². The summed E-state index contributed by atoms with van der Waals surface area (Å²) in [6.07, 6.45) is 7.13. The fraction of sp³-hybridized carbons (Fsp3) is 0.353. The second-order valence-electron chi connectivity index (χ2n) is 5.61. The molecule has 1 aliphatic heterocycles. The molecule has 2 aromatic heterocycles. The molecule has 0 aromatic carbocycles. The van der Waals surface area contributed by atoms with Crippen molar-refractivity contribution in [1.82, 2.24) is 20.2 Å². The van der Waals surface area contributed by atoms with Gasteiger partial charge in [0.1, 0.15) is 0 Å². The number of aromatic nitrogens is 2. The molecule has 0 radical (unpaired) electrons. The number of carbonyl (C=O) groups is 1. The Hall–Kier alpha value is -2.47. The average Bonchev–Trinajstić information content (AvgIpc) is 2.62. The lowest BCUT2D eigenvalue weighted by Crippen LogP contribution is -2.49. The number of nitrogens with one attached hydrogen (secondary N) is 1. The molecular weight excluding hydrogens is 290 g/mol. The van der Waals surface area contributed by atoms with Gasteiger partial charge in [0.05, 0.1) is 6.54 Å². The van der Waals surface area contributed by atoms with Crippen LogP contribution in [0.15, 0.2) is 49.1 Å². The fourth-order valence-electron chi connectivity index (χ4n) is 2.68. The van der Waals surface area contributed by atoms with E-state index in [1.54, 1.807) is 12.4 Å². The van der Waals surface area contributed by atoms with Gasteiger partial charge in [-0.15, -0.1) is 0 Å². The van der Waals surface area contributed by atoms with Crippen LogP contribution >= 0.6 is 0 Å². The van der Waals surface area contributed by atoms with Gasteiger partial charge in [-0.2, -0.15) is 0 Å². The van der Waals surface area contributed by atoms with Gasteiger partial charge in [0.15, 0.2) is 0 Å². The van der Waals surface area contributed by atoms with Crippen molar-refractivity contribution < 1.29 is 4.79 Å². The lowest BCUT2D eigenvalue weighted by Gasteiger charge is -2.35. The first-order chi connectivity index (χ1) is 11.3. The van der Waals surface area contributed by atoms with E-state index in [0.29, 0.717) is 13.1 Å². The number of pyridine rings is 2. The van der Waals surface area contributed by atoms with E-state index < -0.39 is 0 Å². The zero-order valence-corrected chi connectivity index (χ0v) is 13.1. The second kappa shape index (κ2) is 7.69. The van der Waals surface area contributed by atoms with Crippen LogP contribution < -0.4 is 10.2 Å². The minimum absolute atomic E-state index is 0.0613. The molecule has 6 heteroatoms. The Bertz CT molecular complexity index is 611. The van der Waals surface area contributed by atoms with Crippen molar-refractivity contribution in [2.75, 3.05) is 37.6 Å². The molecule has 0 saturated carbocycles. The van der Waals surface area contributed by atoms with E-state index >= 15 is 0 Å². The van der Waals surface area contributed by atoms with Crippen LogP contribution in [0.1, 0.15) is 5.56 Å². The molecule has 1 N–H and O–H groups in total. The SMILES string of the molecule is O=C(CN1CCN(c2ccncc2)CC1)NCc1cccnc1. The molecule has 1 saturated heterocycles. The summed E-state index contributed by atoms with van der Waals surface area (Å²) >= 11 is 0. The standard InChI is InChI=1S/C17H21N5O/c23-17(20-13-15-2-1-5-19-12-15)14-21-8-10-22(11-9-21)16-3-6-18-7-4-16/h1-7,12H,8-11,13-14H2,(H,20,23). The highest BCUT2D eigenvalue weighted by Crippen LogP contribution is 2.14. The summed E-state index contributed by atoms with van der Waals surface area (Å²) in [5, 5.41) is 2.95. The summed E-state index contributed by atoms with van der Waals surface area (Å²) in [4.78, 5) is 24.6. The molecule has 1 aliphatic rings. The summed E-state index contributed by atoms with van der Waals surface area (Å²) in [5.41, 5.74) is 2.21. The van der Waals surface area contributed by atoms with Gasteiger partial charge in [0.25, 0.3) is 0 Å². The summed E-state index contributed by atoms with van der Waals surface area (Å²) in [6.45, 7) is 4.62. The maximum Gasteiger partial charge on any atom is 0.234 e. The average molecular weight is 311 g/mol. The number of amides is 1. The molecule has 3 heterocycles. The van der Waals surface area contributed by atoms with Crippen LogP contribution in [0.3, 0.4) is 0 Å². The highest BCUT2D eigenvalue weighted by molar-refractivity contribution is 5.78. The Morgan fingerprint density at radius 3 is 2.52 bits per heavy atom. The highest BCUT2D eigenvalue weighted by atomic mass is 16.2. The molecule has 1 amide bonds. The monoisotopic (exact) mass is 311 g/mol. The highest BCUT2D eigenvalue weighted by Gasteiger charge is 2.18. The van der Waals surface area contributed by atoms with Crippen LogP contribution in [0.4, 0.5) is 5.69 Å². The third kappa shape index (κ3) is 4.50. The summed E-state index contributed by atoms with van der Waals surface area (Å²) in [6, 6.07) is 7.88. The lowest BCUT2D eigenvalue weighted by molar-refractivity contribution is -0.122. The quantitative estimate of drug-likeness (QED) is 0.889. The number of hydrogen-bond acceptors (Lipinski definition) is 5. The third-order valence-electron chi connectivity index (χ3n) is 3.98.